The van der Waals surface area contributed by atoms with E-state index >= 15 is 0 Å². The number of aliphatic carboxylic acids is 1. The third-order valence-corrected chi connectivity index (χ3v) is 3.83. The van der Waals surface area contributed by atoms with Crippen LogP contribution in [0.5, 0.6) is 0 Å². The van der Waals surface area contributed by atoms with Gasteiger partial charge in [-0.2, -0.15) is 0 Å². The highest BCUT2D eigenvalue weighted by Crippen LogP contribution is 2.32. The third kappa shape index (κ3) is 3.19. The van der Waals surface area contributed by atoms with Crippen molar-refractivity contribution in [3.63, 3.8) is 0 Å². The number of likely N-dealkylation sites (N-methyl/N-ethyl adjacent to an activating group) is 1. The lowest BCUT2D eigenvalue weighted by atomic mass is 9.89. The molecule has 0 radical (unpaired) electrons. The van der Waals surface area contributed by atoms with Gasteiger partial charge in [0.05, 0.1) is 0 Å². The Morgan fingerprint density at radius 2 is 1.88 bits per heavy atom. The zero-order valence-corrected chi connectivity index (χ0v) is 10.2. The zero-order valence-electron chi connectivity index (χ0n) is 10.2. The van der Waals surface area contributed by atoms with Crippen LogP contribution in [0.3, 0.4) is 0 Å². The standard InChI is InChI=1S/C12H20N2O3/c1-14(7-12(16)17)11(15)6-8-4-9-2-3-10(5-8)13-9/h8-10,13H,2-7H2,1H3,(H,16,17). The van der Waals surface area contributed by atoms with Crippen LogP contribution < -0.4 is 5.32 Å². The summed E-state index contributed by atoms with van der Waals surface area (Å²) < 4.78 is 0. The molecule has 5 nitrogen and oxygen atoms in total. The van der Waals surface area contributed by atoms with E-state index < -0.39 is 5.97 Å². The molecule has 2 heterocycles. The molecule has 0 aromatic carbocycles. The molecule has 2 saturated heterocycles. The molecule has 2 bridgehead atoms. The normalized spacial score (nSPS) is 31.2. The molecule has 2 aliphatic heterocycles. The molecule has 0 saturated carbocycles. The first-order chi connectivity index (χ1) is 8.04. The fraction of sp³-hybridized carbons (Fsp3) is 0.833. The molecule has 2 atom stereocenters. The number of nitrogens with zero attached hydrogens (tertiary/aromatic N) is 1. The number of rotatable bonds is 4. The topological polar surface area (TPSA) is 69.6 Å². The van der Waals surface area contributed by atoms with Crippen LogP contribution in [0, 0.1) is 5.92 Å². The number of hydrogen-bond donors (Lipinski definition) is 2. The number of carbonyl (C=O) groups excluding carboxylic acids is 1. The Morgan fingerprint density at radius 3 is 2.41 bits per heavy atom. The van der Waals surface area contributed by atoms with E-state index in [1.165, 1.54) is 17.7 Å². The van der Waals surface area contributed by atoms with Gasteiger partial charge in [0.15, 0.2) is 0 Å². The van der Waals surface area contributed by atoms with Crippen molar-refractivity contribution in [3.8, 4) is 0 Å². The Labute approximate surface area is 101 Å². The van der Waals surface area contributed by atoms with Gasteiger partial charge in [-0.3, -0.25) is 9.59 Å². The average Bonchev–Trinajstić information content (AvgIpc) is 2.57. The number of carboxylic acid groups (broad SMARTS) is 1. The van der Waals surface area contributed by atoms with Gasteiger partial charge in [-0.1, -0.05) is 0 Å². The first-order valence-corrected chi connectivity index (χ1v) is 6.26. The van der Waals surface area contributed by atoms with Crippen LogP contribution >= 0.6 is 0 Å². The van der Waals surface area contributed by atoms with E-state index in [1.54, 1.807) is 7.05 Å². The van der Waals surface area contributed by atoms with Crippen LogP contribution in [0.2, 0.25) is 0 Å². The largest absolute Gasteiger partial charge is 0.480 e. The van der Waals surface area contributed by atoms with Crippen molar-refractivity contribution in [2.24, 2.45) is 5.92 Å². The summed E-state index contributed by atoms with van der Waals surface area (Å²) in [5, 5.41) is 12.2. The van der Waals surface area contributed by atoms with Crippen molar-refractivity contribution < 1.29 is 14.7 Å². The van der Waals surface area contributed by atoms with E-state index in [0.29, 0.717) is 24.4 Å². The van der Waals surface area contributed by atoms with Gasteiger partial charge in [-0.15, -0.1) is 0 Å². The highest BCUT2D eigenvalue weighted by Gasteiger charge is 2.34. The van der Waals surface area contributed by atoms with Crippen molar-refractivity contribution in [2.75, 3.05) is 13.6 Å². The average molecular weight is 240 g/mol. The first kappa shape index (κ1) is 12.4. The number of carbonyl (C=O) groups is 2. The van der Waals surface area contributed by atoms with Gasteiger partial charge in [-0.25, -0.2) is 0 Å². The summed E-state index contributed by atoms with van der Waals surface area (Å²) in [4.78, 5) is 23.7. The number of hydrogen-bond acceptors (Lipinski definition) is 3. The van der Waals surface area contributed by atoms with Gasteiger partial charge in [0.1, 0.15) is 6.54 Å². The quantitative estimate of drug-likeness (QED) is 0.748. The SMILES string of the molecule is CN(CC(=O)O)C(=O)CC1CC2CCC(C1)N2. The predicted octanol–water partition coefficient (Wildman–Crippen LogP) is 0.450. The Bertz CT molecular complexity index is 307. The lowest BCUT2D eigenvalue weighted by Gasteiger charge is -2.29. The lowest BCUT2D eigenvalue weighted by Crippen LogP contribution is -2.40. The van der Waals surface area contributed by atoms with Crippen molar-refractivity contribution >= 4 is 11.9 Å². The van der Waals surface area contributed by atoms with Crippen LogP contribution in [-0.4, -0.2) is 47.6 Å². The van der Waals surface area contributed by atoms with Crippen LogP contribution in [0.4, 0.5) is 0 Å². The molecular weight excluding hydrogens is 220 g/mol. The maximum absolute atomic E-state index is 11.8. The minimum Gasteiger partial charge on any atom is -0.480 e. The second kappa shape index (κ2) is 5.04. The molecule has 0 aliphatic carbocycles. The predicted molar refractivity (Wildman–Crippen MR) is 62.6 cm³/mol. The summed E-state index contributed by atoms with van der Waals surface area (Å²) >= 11 is 0. The van der Waals surface area contributed by atoms with Crippen molar-refractivity contribution in [3.05, 3.63) is 0 Å². The van der Waals surface area contributed by atoms with E-state index in [0.717, 1.165) is 12.8 Å². The number of carboxylic acids is 1. The molecule has 0 aromatic heterocycles. The van der Waals surface area contributed by atoms with Gasteiger partial charge in [0, 0.05) is 25.6 Å². The van der Waals surface area contributed by atoms with E-state index in [4.69, 9.17) is 5.11 Å². The number of fused-ring (bicyclic) bond motifs is 2. The zero-order chi connectivity index (χ0) is 12.4. The fourth-order valence-electron chi connectivity index (χ4n) is 3.04. The van der Waals surface area contributed by atoms with E-state index in [2.05, 4.69) is 5.32 Å². The van der Waals surface area contributed by atoms with Crippen LogP contribution in [0.25, 0.3) is 0 Å². The smallest absolute Gasteiger partial charge is 0.323 e. The Hall–Kier alpha value is -1.10. The van der Waals surface area contributed by atoms with E-state index in [1.807, 2.05) is 0 Å². The fourth-order valence-corrected chi connectivity index (χ4v) is 3.04. The first-order valence-electron chi connectivity index (χ1n) is 6.26. The number of piperidine rings is 1. The summed E-state index contributed by atoms with van der Waals surface area (Å²) in [7, 11) is 1.56. The maximum atomic E-state index is 11.8. The third-order valence-electron chi connectivity index (χ3n) is 3.83. The minimum atomic E-state index is -0.953. The van der Waals surface area contributed by atoms with E-state index in [9.17, 15) is 9.59 Å². The molecular formula is C12H20N2O3. The van der Waals surface area contributed by atoms with Crippen molar-refractivity contribution in [1.29, 1.82) is 0 Å². The molecule has 2 rings (SSSR count). The van der Waals surface area contributed by atoms with Gasteiger partial charge >= 0.3 is 5.97 Å². The summed E-state index contributed by atoms with van der Waals surface area (Å²) in [5.41, 5.74) is 0. The second-order valence-corrected chi connectivity index (χ2v) is 5.32. The lowest BCUT2D eigenvalue weighted by molar-refractivity contribution is -0.143. The molecule has 2 aliphatic rings. The summed E-state index contributed by atoms with van der Waals surface area (Å²) in [6.07, 6.45) is 5.06. The molecule has 5 heteroatoms. The van der Waals surface area contributed by atoms with Gasteiger partial charge in [-0.05, 0) is 31.6 Å². The van der Waals surface area contributed by atoms with Gasteiger partial charge < -0.3 is 15.3 Å². The molecule has 2 fully saturated rings. The van der Waals surface area contributed by atoms with E-state index in [-0.39, 0.29) is 12.5 Å². The monoisotopic (exact) mass is 240 g/mol. The molecule has 2 N–H and O–H groups in total. The molecule has 0 spiro atoms. The summed E-state index contributed by atoms with van der Waals surface area (Å²) in [6, 6.07) is 1.16. The Kier molecular flexibility index (Phi) is 3.66. The summed E-state index contributed by atoms with van der Waals surface area (Å²) in [6.45, 7) is -0.198. The van der Waals surface area contributed by atoms with Crippen LogP contribution in [0.15, 0.2) is 0 Å². The Balaban J connectivity index is 1.80. The molecule has 96 valence electrons. The highest BCUT2D eigenvalue weighted by molar-refractivity contribution is 5.81. The van der Waals surface area contributed by atoms with Crippen molar-refractivity contribution in [2.45, 2.75) is 44.2 Å². The van der Waals surface area contributed by atoms with Crippen LogP contribution in [-0.2, 0) is 9.59 Å². The van der Waals surface area contributed by atoms with Crippen LogP contribution in [0.1, 0.15) is 32.1 Å². The summed E-state index contributed by atoms with van der Waals surface area (Å²) in [5.74, 6) is -0.567. The Morgan fingerprint density at radius 1 is 1.29 bits per heavy atom. The molecule has 1 amide bonds. The van der Waals surface area contributed by atoms with Gasteiger partial charge in [0.25, 0.3) is 0 Å². The molecule has 0 aromatic rings. The van der Waals surface area contributed by atoms with Gasteiger partial charge in [0.2, 0.25) is 5.91 Å². The number of amides is 1. The number of nitrogens with one attached hydrogen (secondary N) is 1. The highest BCUT2D eigenvalue weighted by atomic mass is 16.4. The second-order valence-electron chi connectivity index (χ2n) is 5.32. The molecule has 2 unspecified atom stereocenters. The minimum absolute atomic E-state index is 0.0429. The molecule has 17 heavy (non-hydrogen) atoms. The maximum Gasteiger partial charge on any atom is 0.323 e. The van der Waals surface area contributed by atoms with Crippen molar-refractivity contribution in [1.82, 2.24) is 10.2 Å².